The van der Waals surface area contributed by atoms with E-state index in [-0.39, 0.29) is 24.7 Å². The van der Waals surface area contributed by atoms with Crippen LogP contribution in [-0.2, 0) is 0 Å². The molecule has 0 spiro atoms. The first kappa shape index (κ1) is 20.2. The van der Waals surface area contributed by atoms with E-state index in [1.54, 1.807) is 21.6 Å². The molecule has 0 bridgehead atoms. The van der Waals surface area contributed by atoms with Crippen molar-refractivity contribution in [1.82, 2.24) is 29.7 Å². The molecule has 170 valence electrons. The van der Waals surface area contributed by atoms with Crippen LogP contribution in [0.1, 0.15) is 48.9 Å². The maximum atomic E-state index is 13.0. The Morgan fingerprint density at radius 2 is 2.00 bits per heavy atom. The molecule has 2 aliphatic carbocycles. The maximum Gasteiger partial charge on any atom is 0.251 e. The Bertz CT molecular complexity index is 1320. The fraction of sp³-hybridized carbons (Fsp3) is 0.417. The molecular formula is C24H26N6O3. The predicted octanol–water partition coefficient (Wildman–Crippen LogP) is 2.89. The molecule has 9 nitrogen and oxygen atoms in total. The molecule has 6 rings (SSSR count). The van der Waals surface area contributed by atoms with Crippen LogP contribution in [0.4, 0.5) is 0 Å². The van der Waals surface area contributed by atoms with Gasteiger partial charge in [-0.3, -0.25) is 4.79 Å². The molecule has 0 saturated heterocycles. The van der Waals surface area contributed by atoms with Crippen LogP contribution in [0.15, 0.2) is 42.7 Å². The van der Waals surface area contributed by atoms with Crippen molar-refractivity contribution in [2.45, 2.75) is 50.7 Å². The van der Waals surface area contributed by atoms with E-state index < -0.39 is 0 Å². The zero-order valence-electron chi connectivity index (χ0n) is 18.2. The van der Waals surface area contributed by atoms with Crippen LogP contribution >= 0.6 is 0 Å². The summed E-state index contributed by atoms with van der Waals surface area (Å²) in [5.41, 5.74) is 2.06. The molecule has 0 atom stereocenters. The molecule has 3 aromatic heterocycles. The molecule has 3 heterocycles. The average molecular weight is 447 g/mol. The van der Waals surface area contributed by atoms with Gasteiger partial charge in [0.05, 0.1) is 17.1 Å². The summed E-state index contributed by atoms with van der Waals surface area (Å²) in [5, 5.41) is 22.5. The lowest BCUT2D eigenvalue weighted by Gasteiger charge is -2.27. The Morgan fingerprint density at radius 3 is 2.79 bits per heavy atom. The van der Waals surface area contributed by atoms with Gasteiger partial charge in [0.1, 0.15) is 6.10 Å². The minimum atomic E-state index is -0.0917. The highest BCUT2D eigenvalue weighted by atomic mass is 16.5. The summed E-state index contributed by atoms with van der Waals surface area (Å²) in [7, 11) is 0. The summed E-state index contributed by atoms with van der Waals surface area (Å²) < 4.78 is 9.72. The van der Waals surface area contributed by atoms with Gasteiger partial charge in [0.15, 0.2) is 11.5 Å². The summed E-state index contributed by atoms with van der Waals surface area (Å²) in [4.78, 5) is 17.4. The van der Waals surface area contributed by atoms with Gasteiger partial charge in [-0.15, -0.1) is 0 Å². The Hall–Kier alpha value is -3.46. The number of aliphatic hydroxyl groups excluding tert-OH is 1. The molecule has 0 aliphatic heterocycles. The second-order valence-electron chi connectivity index (χ2n) is 9.05. The molecular weight excluding hydrogens is 420 g/mol. The van der Waals surface area contributed by atoms with E-state index in [9.17, 15) is 9.90 Å². The highest BCUT2D eigenvalue weighted by Gasteiger charge is 2.29. The Labute approximate surface area is 190 Å². The van der Waals surface area contributed by atoms with Gasteiger partial charge < -0.3 is 15.2 Å². The molecule has 4 aromatic rings. The molecule has 2 saturated carbocycles. The van der Waals surface area contributed by atoms with E-state index in [1.807, 2.05) is 30.3 Å². The van der Waals surface area contributed by atoms with Crippen LogP contribution in [0.25, 0.3) is 22.4 Å². The van der Waals surface area contributed by atoms with Gasteiger partial charge in [-0.05, 0) is 74.8 Å². The van der Waals surface area contributed by atoms with Crippen LogP contribution in [0.5, 0.6) is 5.88 Å². The molecule has 1 amide bonds. The number of rotatable bonds is 6. The highest BCUT2D eigenvalue weighted by molar-refractivity contribution is 5.99. The average Bonchev–Trinajstić information content (AvgIpc) is 3.46. The lowest BCUT2D eigenvalue weighted by molar-refractivity contribution is 0.0914. The van der Waals surface area contributed by atoms with Crippen molar-refractivity contribution in [3.8, 4) is 11.7 Å². The molecule has 33 heavy (non-hydrogen) atoms. The Morgan fingerprint density at radius 1 is 1.15 bits per heavy atom. The molecule has 0 radical (unpaired) electrons. The number of imidazole rings is 1. The molecule has 2 fully saturated rings. The third-order valence-corrected chi connectivity index (χ3v) is 6.61. The Balaban J connectivity index is 1.34. The monoisotopic (exact) mass is 446 g/mol. The molecule has 1 aromatic carbocycles. The third kappa shape index (κ3) is 3.82. The molecule has 9 heteroatoms. The first-order valence-corrected chi connectivity index (χ1v) is 11.6. The first-order valence-electron chi connectivity index (χ1n) is 11.6. The number of carbonyl (C=O) groups is 1. The number of ether oxygens (including phenoxy) is 1. The SMILES string of the molecule is O=C(NC1CCC(CO)CC1)c1ccc2nn(-c3cnc4cccnn34)c(OC3CC3)c2c1. The number of amides is 1. The van der Waals surface area contributed by atoms with E-state index >= 15 is 0 Å². The zero-order chi connectivity index (χ0) is 22.4. The lowest BCUT2D eigenvalue weighted by atomic mass is 9.86. The maximum absolute atomic E-state index is 13.0. The summed E-state index contributed by atoms with van der Waals surface area (Å²) >= 11 is 0. The number of aromatic nitrogens is 5. The summed E-state index contributed by atoms with van der Waals surface area (Å²) in [5.74, 6) is 1.56. The number of fused-ring (bicyclic) bond motifs is 2. The van der Waals surface area contributed by atoms with Crippen LogP contribution in [0.2, 0.25) is 0 Å². The third-order valence-electron chi connectivity index (χ3n) is 6.61. The van der Waals surface area contributed by atoms with E-state index in [4.69, 9.17) is 9.84 Å². The first-order chi connectivity index (χ1) is 16.2. The minimum Gasteiger partial charge on any atom is -0.474 e. The van der Waals surface area contributed by atoms with Crippen molar-refractivity contribution in [2.24, 2.45) is 5.92 Å². The van der Waals surface area contributed by atoms with Crippen LogP contribution in [-0.4, -0.2) is 54.1 Å². The second-order valence-corrected chi connectivity index (χ2v) is 9.05. The van der Waals surface area contributed by atoms with E-state index in [0.717, 1.165) is 55.1 Å². The van der Waals surface area contributed by atoms with Crippen LogP contribution in [0.3, 0.4) is 0 Å². The standard InChI is InChI=1S/C24H26N6O3/c31-14-15-3-6-17(7-4-15)27-23(32)16-5-10-20-19(12-16)24(33-18-8-9-18)30(28-20)22-13-25-21-2-1-11-26-29(21)22/h1-2,5,10-13,15,17-18,31H,3-4,6-9,14H2,(H,27,32). The van der Waals surface area contributed by atoms with Crippen molar-refractivity contribution in [2.75, 3.05) is 6.61 Å². The predicted molar refractivity (Wildman–Crippen MR) is 122 cm³/mol. The quantitative estimate of drug-likeness (QED) is 0.472. The van der Waals surface area contributed by atoms with Crippen molar-refractivity contribution in [1.29, 1.82) is 0 Å². The zero-order valence-corrected chi connectivity index (χ0v) is 18.2. The topological polar surface area (TPSA) is 107 Å². The second kappa shape index (κ2) is 8.15. The number of nitrogens with zero attached hydrogens (tertiary/aromatic N) is 5. The number of benzene rings is 1. The lowest BCUT2D eigenvalue weighted by Crippen LogP contribution is -2.38. The molecule has 0 unspecified atom stereocenters. The molecule has 2 aliphatic rings. The summed E-state index contributed by atoms with van der Waals surface area (Å²) in [6.45, 7) is 0.229. The smallest absolute Gasteiger partial charge is 0.251 e. The van der Waals surface area contributed by atoms with Crippen LogP contribution in [0, 0.1) is 5.92 Å². The van der Waals surface area contributed by atoms with Crippen molar-refractivity contribution < 1.29 is 14.6 Å². The van der Waals surface area contributed by atoms with Gasteiger partial charge in [0.25, 0.3) is 5.91 Å². The van der Waals surface area contributed by atoms with Gasteiger partial charge in [-0.25, -0.2) is 4.98 Å². The number of aliphatic hydroxyl groups is 1. The Kier molecular flexibility index (Phi) is 4.98. The van der Waals surface area contributed by atoms with Crippen LogP contribution < -0.4 is 10.1 Å². The number of nitrogens with one attached hydrogen (secondary N) is 1. The van der Waals surface area contributed by atoms with Crippen molar-refractivity contribution in [3.05, 3.63) is 48.3 Å². The summed E-state index contributed by atoms with van der Waals surface area (Å²) in [6, 6.07) is 9.40. The van der Waals surface area contributed by atoms with Gasteiger partial charge >= 0.3 is 0 Å². The van der Waals surface area contributed by atoms with Crippen molar-refractivity contribution >= 4 is 22.5 Å². The van der Waals surface area contributed by atoms with Crippen molar-refractivity contribution in [3.63, 3.8) is 0 Å². The van der Waals surface area contributed by atoms with Gasteiger partial charge in [0, 0.05) is 24.4 Å². The fourth-order valence-corrected chi connectivity index (χ4v) is 4.53. The fourth-order valence-electron chi connectivity index (χ4n) is 4.53. The number of hydrogen-bond donors (Lipinski definition) is 2. The highest BCUT2D eigenvalue weighted by Crippen LogP contribution is 2.35. The number of carbonyl (C=O) groups excluding carboxylic acids is 1. The largest absolute Gasteiger partial charge is 0.474 e. The molecule has 2 N–H and O–H groups in total. The number of hydrogen-bond acceptors (Lipinski definition) is 6. The normalized spacial score (nSPS) is 20.9. The van der Waals surface area contributed by atoms with E-state index in [1.165, 1.54) is 0 Å². The van der Waals surface area contributed by atoms with Gasteiger partial charge in [-0.2, -0.15) is 19.4 Å². The van der Waals surface area contributed by atoms with E-state index in [0.29, 0.717) is 23.2 Å². The van der Waals surface area contributed by atoms with Gasteiger partial charge in [0.2, 0.25) is 5.88 Å². The minimum absolute atomic E-state index is 0.0917. The van der Waals surface area contributed by atoms with E-state index in [2.05, 4.69) is 15.4 Å². The van der Waals surface area contributed by atoms with Gasteiger partial charge in [-0.1, -0.05) is 0 Å². The summed E-state index contributed by atoms with van der Waals surface area (Å²) in [6.07, 6.45) is 9.30.